The number of primary amides is 1. The van der Waals surface area contributed by atoms with Gasteiger partial charge < -0.3 is 15.8 Å². The number of anilines is 1. The quantitative estimate of drug-likeness (QED) is 0.842. The maximum Gasteiger partial charge on any atom is 0.422 e. The summed E-state index contributed by atoms with van der Waals surface area (Å²) in [7, 11) is 0. The minimum atomic E-state index is -5.01. The summed E-state index contributed by atoms with van der Waals surface area (Å²) in [5.74, 6) is -1.25. The molecule has 11 heteroatoms. The third kappa shape index (κ3) is 4.82. The standard InChI is InChI=1S/C9H7F6N3O2/c10-8(11,12)3-20-6-5(9(13,14)15)1-4(2-17-6)18-7(16)19/h1-2H,3H2,(H3,16,18,19). The first-order valence-electron chi connectivity index (χ1n) is 4.82. The van der Waals surface area contributed by atoms with Gasteiger partial charge >= 0.3 is 18.4 Å². The van der Waals surface area contributed by atoms with Crippen LogP contribution in [0.15, 0.2) is 12.3 Å². The van der Waals surface area contributed by atoms with Crippen LogP contribution < -0.4 is 15.8 Å². The van der Waals surface area contributed by atoms with Crippen LogP contribution in [0.4, 0.5) is 36.8 Å². The van der Waals surface area contributed by atoms with Crippen molar-refractivity contribution in [2.45, 2.75) is 12.4 Å². The van der Waals surface area contributed by atoms with Gasteiger partial charge in [0.25, 0.3) is 0 Å². The zero-order valence-corrected chi connectivity index (χ0v) is 9.47. The van der Waals surface area contributed by atoms with Crippen molar-refractivity contribution in [2.24, 2.45) is 5.73 Å². The fraction of sp³-hybridized carbons (Fsp3) is 0.333. The van der Waals surface area contributed by atoms with Crippen molar-refractivity contribution in [3.05, 3.63) is 17.8 Å². The molecule has 3 N–H and O–H groups in total. The average molecular weight is 303 g/mol. The fourth-order valence-corrected chi connectivity index (χ4v) is 1.13. The number of alkyl halides is 6. The van der Waals surface area contributed by atoms with E-state index in [9.17, 15) is 31.1 Å². The van der Waals surface area contributed by atoms with E-state index in [1.165, 1.54) is 0 Å². The molecular formula is C9H7F6N3O2. The number of aromatic nitrogens is 1. The number of amides is 2. The normalized spacial score (nSPS) is 12.1. The molecule has 1 aromatic rings. The van der Waals surface area contributed by atoms with E-state index in [1.807, 2.05) is 5.32 Å². The SMILES string of the molecule is NC(=O)Nc1cnc(OCC(F)(F)F)c(C(F)(F)F)c1. The molecule has 0 aliphatic heterocycles. The molecular weight excluding hydrogens is 296 g/mol. The van der Waals surface area contributed by atoms with Gasteiger partial charge in [-0.2, -0.15) is 26.3 Å². The highest BCUT2D eigenvalue weighted by atomic mass is 19.4. The maximum atomic E-state index is 12.6. The molecule has 0 bridgehead atoms. The number of rotatable bonds is 3. The maximum absolute atomic E-state index is 12.6. The minimum Gasteiger partial charge on any atom is -0.468 e. The Kier molecular flexibility index (Phi) is 4.30. The Morgan fingerprint density at radius 2 is 1.90 bits per heavy atom. The molecule has 0 radical (unpaired) electrons. The number of urea groups is 1. The monoisotopic (exact) mass is 303 g/mol. The van der Waals surface area contributed by atoms with Gasteiger partial charge in [0.15, 0.2) is 6.61 Å². The number of nitrogens with zero attached hydrogens (tertiary/aromatic N) is 1. The van der Waals surface area contributed by atoms with Gasteiger partial charge in [0.1, 0.15) is 5.56 Å². The molecule has 1 heterocycles. The van der Waals surface area contributed by atoms with E-state index < -0.39 is 42.1 Å². The summed E-state index contributed by atoms with van der Waals surface area (Å²) in [5.41, 5.74) is 2.71. The second-order valence-electron chi connectivity index (χ2n) is 3.47. The van der Waals surface area contributed by atoms with E-state index in [0.717, 1.165) is 0 Å². The minimum absolute atomic E-state index is 0.365. The topological polar surface area (TPSA) is 77.2 Å². The molecule has 0 spiro atoms. The van der Waals surface area contributed by atoms with Gasteiger partial charge in [0.2, 0.25) is 5.88 Å². The van der Waals surface area contributed by atoms with Crippen LogP contribution >= 0.6 is 0 Å². The number of hydrogen-bond donors (Lipinski definition) is 2. The van der Waals surface area contributed by atoms with Gasteiger partial charge in [-0.25, -0.2) is 9.78 Å². The van der Waals surface area contributed by atoms with Gasteiger partial charge in [0, 0.05) is 0 Å². The van der Waals surface area contributed by atoms with Crippen LogP contribution in [-0.4, -0.2) is 23.8 Å². The molecule has 20 heavy (non-hydrogen) atoms. The molecule has 0 aliphatic rings. The molecule has 0 atom stereocenters. The molecule has 0 aliphatic carbocycles. The second kappa shape index (κ2) is 5.43. The zero-order valence-electron chi connectivity index (χ0n) is 9.47. The van der Waals surface area contributed by atoms with Crippen molar-refractivity contribution < 1.29 is 35.9 Å². The highest BCUT2D eigenvalue weighted by molar-refractivity contribution is 5.87. The third-order valence-electron chi connectivity index (χ3n) is 1.80. The van der Waals surface area contributed by atoms with Crippen molar-refractivity contribution in [3.63, 3.8) is 0 Å². The van der Waals surface area contributed by atoms with Crippen LogP contribution in [0.25, 0.3) is 0 Å². The molecule has 5 nitrogen and oxygen atoms in total. The lowest BCUT2D eigenvalue weighted by molar-refractivity contribution is -0.159. The molecule has 0 saturated carbocycles. The average Bonchev–Trinajstić information content (AvgIpc) is 2.24. The first-order valence-corrected chi connectivity index (χ1v) is 4.82. The van der Waals surface area contributed by atoms with Crippen molar-refractivity contribution >= 4 is 11.7 Å². The van der Waals surface area contributed by atoms with Crippen LogP contribution in [-0.2, 0) is 6.18 Å². The van der Waals surface area contributed by atoms with Crippen LogP contribution in [0.3, 0.4) is 0 Å². The van der Waals surface area contributed by atoms with Crippen LogP contribution in [0.2, 0.25) is 0 Å². The number of pyridine rings is 1. The van der Waals surface area contributed by atoms with Gasteiger partial charge in [-0.1, -0.05) is 0 Å². The number of hydrogen-bond acceptors (Lipinski definition) is 3. The zero-order chi connectivity index (χ0) is 15.6. The van der Waals surface area contributed by atoms with Crippen LogP contribution in [0.1, 0.15) is 5.56 Å². The van der Waals surface area contributed by atoms with E-state index in [0.29, 0.717) is 12.3 Å². The molecule has 1 aromatic heterocycles. The Balaban J connectivity index is 3.08. The van der Waals surface area contributed by atoms with Gasteiger partial charge in [-0.15, -0.1) is 0 Å². The summed E-state index contributed by atoms with van der Waals surface area (Å²) >= 11 is 0. The summed E-state index contributed by atoms with van der Waals surface area (Å²) in [6.45, 7) is -1.92. The smallest absolute Gasteiger partial charge is 0.422 e. The molecule has 2 amide bonds. The molecule has 112 valence electrons. The fourth-order valence-electron chi connectivity index (χ4n) is 1.13. The van der Waals surface area contributed by atoms with Crippen LogP contribution in [0.5, 0.6) is 5.88 Å². The van der Waals surface area contributed by atoms with E-state index in [1.54, 1.807) is 0 Å². The number of carbonyl (C=O) groups excluding carboxylic acids is 1. The Hall–Kier alpha value is -2.20. The van der Waals surface area contributed by atoms with Gasteiger partial charge in [0.05, 0.1) is 11.9 Å². The highest BCUT2D eigenvalue weighted by Gasteiger charge is 2.37. The summed E-state index contributed by atoms with van der Waals surface area (Å²) < 4.78 is 77.6. The molecule has 0 fully saturated rings. The Labute approximate surface area is 107 Å². The van der Waals surface area contributed by atoms with Crippen molar-refractivity contribution in [1.82, 2.24) is 4.98 Å². The van der Waals surface area contributed by atoms with Crippen molar-refractivity contribution in [2.75, 3.05) is 11.9 Å². The number of halogens is 6. The largest absolute Gasteiger partial charge is 0.468 e. The number of ether oxygens (including phenoxy) is 1. The van der Waals surface area contributed by atoms with E-state index >= 15 is 0 Å². The Morgan fingerprint density at radius 3 is 2.35 bits per heavy atom. The lowest BCUT2D eigenvalue weighted by Crippen LogP contribution is -2.22. The Morgan fingerprint density at radius 1 is 1.30 bits per heavy atom. The first kappa shape index (κ1) is 15.9. The summed E-state index contributed by atoms with van der Waals surface area (Å²) in [5, 5.41) is 1.82. The van der Waals surface area contributed by atoms with Gasteiger partial charge in [-0.3, -0.25) is 0 Å². The number of nitrogens with one attached hydrogen (secondary N) is 1. The predicted octanol–water partition coefficient (Wildman–Crippen LogP) is 2.53. The van der Waals surface area contributed by atoms with Crippen LogP contribution in [0, 0.1) is 0 Å². The van der Waals surface area contributed by atoms with E-state index in [-0.39, 0.29) is 0 Å². The van der Waals surface area contributed by atoms with Crippen molar-refractivity contribution in [3.8, 4) is 5.88 Å². The van der Waals surface area contributed by atoms with Gasteiger partial charge in [-0.05, 0) is 6.07 Å². The third-order valence-corrected chi connectivity index (χ3v) is 1.80. The summed E-state index contributed by atoms with van der Waals surface area (Å²) in [6.07, 6.45) is -9.14. The number of nitrogens with two attached hydrogens (primary N) is 1. The molecule has 0 saturated heterocycles. The lowest BCUT2D eigenvalue weighted by atomic mass is 10.2. The predicted molar refractivity (Wildman–Crippen MR) is 54.0 cm³/mol. The Bertz CT molecular complexity index is 499. The lowest BCUT2D eigenvalue weighted by Gasteiger charge is -2.15. The highest BCUT2D eigenvalue weighted by Crippen LogP contribution is 2.36. The van der Waals surface area contributed by atoms with E-state index in [4.69, 9.17) is 5.73 Å². The molecule has 1 rings (SSSR count). The first-order chi connectivity index (χ1) is 8.99. The summed E-state index contributed by atoms with van der Waals surface area (Å²) in [4.78, 5) is 13.6. The molecule has 0 unspecified atom stereocenters. The number of carbonyl (C=O) groups is 1. The van der Waals surface area contributed by atoms with E-state index in [2.05, 4.69) is 9.72 Å². The van der Waals surface area contributed by atoms with Crippen molar-refractivity contribution in [1.29, 1.82) is 0 Å². The molecule has 0 aromatic carbocycles. The second-order valence-corrected chi connectivity index (χ2v) is 3.47. The summed E-state index contributed by atoms with van der Waals surface area (Å²) in [6, 6.07) is -0.785.